The van der Waals surface area contributed by atoms with Crippen molar-refractivity contribution in [3.05, 3.63) is 54.8 Å². The number of benzene rings is 1. The van der Waals surface area contributed by atoms with E-state index in [1.54, 1.807) is 24.4 Å². The number of oxazole rings is 1. The Bertz CT molecular complexity index is 964. The summed E-state index contributed by atoms with van der Waals surface area (Å²) in [6.45, 7) is 0.388. The van der Waals surface area contributed by atoms with Crippen molar-refractivity contribution >= 4 is 11.8 Å². The van der Waals surface area contributed by atoms with Crippen molar-refractivity contribution < 1.29 is 13.6 Å². The first kappa shape index (κ1) is 16.3. The number of ether oxygens (including phenoxy) is 1. The molecular weight excluding hydrogens is 356 g/mol. The lowest BCUT2D eigenvalue weighted by Crippen LogP contribution is -1.99. The van der Waals surface area contributed by atoms with Crippen molar-refractivity contribution in [1.29, 1.82) is 0 Å². The first-order valence-electron chi connectivity index (χ1n) is 7.66. The number of rotatable bonds is 7. The summed E-state index contributed by atoms with van der Waals surface area (Å²) < 4.78 is 17.9. The van der Waals surface area contributed by atoms with Crippen molar-refractivity contribution in [2.24, 2.45) is 0 Å². The van der Waals surface area contributed by atoms with E-state index in [1.165, 1.54) is 18.1 Å². The Morgan fingerprint density at radius 2 is 2.08 bits per heavy atom. The summed E-state index contributed by atoms with van der Waals surface area (Å²) in [6.07, 6.45) is 4.67. The molecule has 0 saturated carbocycles. The molecule has 1 aromatic carbocycles. The Morgan fingerprint density at radius 3 is 2.85 bits per heavy atom. The third kappa shape index (κ3) is 3.75. The topological polar surface area (TPSA) is 105 Å². The Morgan fingerprint density at radius 1 is 1.19 bits per heavy atom. The Labute approximate surface area is 152 Å². The molecule has 0 unspecified atom stereocenters. The van der Waals surface area contributed by atoms with E-state index in [9.17, 15) is 0 Å². The average molecular weight is 370 g/mol. The molecule has 26 heavy (non-hydrogen) atoms. The van der Waals surface area contributed by atoms with Crippen molar-refractivity contribution in [3.8, 4) is 17.2 Å². The van der Waals surface area contributed by atoms with Gasteiger partial charge in [0.05, 0.1) is 12.8 Å². The number of nitrogens with zero attached hydrogens (tertiary/aromatic N) is 6. The van der Waals surface area contributed by atoms with Gasteiger partial charge in [0.15, 0.2) is 0 Å². The van der Waals surface area contributed by atoms with Gasteiger partial charge in [0, 0.05) is 11.3 Å². The van der Waals surface area contributed by atoms with E-state index in [1.807, 2.05) is 24.3 Å². The molecule has 0 spiro atoms. The molecule has 4 rings (SSSR count). The van der Waals surface area contributed by atoms with Crippen molar-refractivity contribution in [1.82, 2.24) is 29.9 Å². The summed E-state index contributed by atoms with van der Waals surface area (Å²) in [7, 11) is 1.63. The highest BCUT2D eigenvalue weighted by molar-refractivity contribution is 7.98. The van der Waals surface area contributed by atoms with Gasteiger partial charge >= 0.3 is 0 Å². The predicted molar refractivity (Wildman–Crippen MR) is 91.5 cm³/mol. The van der Waals surface area contributed by atoms with E-state index < -0.39 is 0 Å². The van der Waals surface area contributed by atoms with Crippen LogP contribution in [0.15, 0.2) is 57.2 Å². The van der Waals surface area contributed by atoms with Crippen LogP contribution in [0.2, 0.25) is 0 Å². The first-order chi connectivity index (χ1) is 12.8. The second kappa shape index (κ2) is 7.40. The molecule has 0 aliphatic heterocycles. The van der Waals surface area contributed by atoms with Gasteiger partial charge in [-0.15, -0.1) is 10.2 Å². The lowest BCUT2D eigenvalue weighted by Gasteiger charge is -1.99. The molecular formula is C16H14N6O3S. The van der Waals surface area contributed by atoms with Crippen LogP contribution in [-0.4, -0.2) is 37.1 Å². The summed E-state index contributed by atoms with van der Waals surface area (Å²) in [6, 6.07) is 7.53. The van der Waals surface area contributed by atoms with Gasteiger partial charge in [-0.1, -0.05) is 11.8 Å². The highest BCUT2D eigenvalue weighted by atomic mass is 32.2. The molecule has 0 N–H and O–H groups in total. The zero-order valence-corrected chi connectivity index (χ0v) is 14.6. The van der Waals surface area contributed by atoms with Gasteiger partial charge in [0.1, 0.15) is 31.2 Å². The van der Waals surface area contributed by atoms with Crippen molar-refractivity contribution in [2.75, 3.05) is 7.11 Å². The summed E-state index contributed by atoms with van der Waals surface area (Å²) in [5.41, 5.74) is 1.67. The van der Waals surface area contributed by atoms with Gasteiger partial charge in [-0.05, 0) is 24.3 Å². The summed E-state index contributed by atoms with van der Waals surface area (Å²) in [5, 5.41) is 12.5. The lowest BCUT2D eigenvalue weighted by molar-refractivity contribution is 0.397. The van der Waals surface area contributed by atoms with E-state index >= 15 is 0 Å². The summed E-state index contributed by atoms with van der Waals surface area (Å²) >= 11 is 1.39. The van der Waals surface area contributed by atoms with Crippen LogP contribution in [0.1, 0.15) is 11.6 Å². The molecule has 0 aliphatic rings. The molecule has 10 heteroatoms. The standard InChI is InChI=1S/C16H14N6O3S/c1-23-13-4-2-11(3-5-13)15-19-12(7-24-15)8-26-16-21-20-14(25-16)6-22-10-17-9-18-22/h2-5,7,9-10H,6,8H2,1H3. The quantitative estimate of drug-likeness (QED) is 0.454. The fourth-order valence-corrected chi connectivity index (χ4v) is 2.85. The summed E-state index contributed by atoms with van der Waals surface area (Å²) in [5.74, 6) is 2.37. The van der Waals surface area contributed by atoms with E-state index in [0.717, 1.165) is 17.0 Å². The van der Waals surface area contributed by atoms with Crippen LogP contribution in [0.25, 0.3) is 11.5 Å². The summed E-state index contributed by atoms with van der Waals surface area (Å²) in [4.78, 5) is 8.35. The lowest BCUT2D eigenvalue weighted by atomic mass is 10.2. The third-order valence-electron chi connectivity index (χ3n) is 3.44. The Hall–Kier alpha value is -3.14. The molecule has 132 valence electrons. The monoisotopic (exact) mass is 370 g/mol. The maximum atomic E-state index is 5.58. The van der Waals surface area contributed by atoms with Gasteiger partial charge in [-0.25, -0.2) is 14.6 Å². The molecule has 3 heterocycles. The predicted octanol–water partition coefficient (Wildman–Crippen LogP) is 2.67. The van der Waals surface area contributed by atoms with Crippen LogP contribution in [0.4, 0.5) is 0 Å². The van der Waals surface area contributed by atoms with E-state index in [4.69, 9.17) is 13.6 Å². The maximum absolute atomic E-state index is 5.58. The SMILES string of the molecule is COc1ccc(-c2nc(CSc3nnc(Cn4cncn4)o3)co2)cc1. The van der Waals surface area contributed by atoms with Crippen LogP contribution in [0.3, 0.4) is 0 Å². The van der Waals surface area contributed by atoms with Crippen LogP contribution in [0.5, 0.6) is 5.75 Å². The van der Waals surface area contributed by atoms with Crippen LogP contribution in [0, 0.1) is 0 Å². The number of aromatic nitrogens is 6. The second-order valence-electron chi connectivity index (χ2n) is 5.22. The molecule has 0 radical (unpaired) electrons. The van der Waals surface area contributed by atoms with Gasteiger partial charge in [-0.2, -0.15) is 5.10 Å². The maximum Gasteiger partial charge on any atom is 0.277 e. The minimum Gasteiger partial charge on any atom is -0.497 e. The fraction of sp³-hybridized carbons (Fsp3) is 0.188. The highest BCUT2D eigenvalue weighted by Gasteiger charge is 2.11. The minimum absolute atomic E-state index is 0.388. The highest BCUT2D eigenvalue weighted by Crippen LogP contribution is 2.25. The number of hydrogen-bond donors (Lipinski definition) is 0. The second-order valence-corrected chi connectivity index (χ2v) is 6.14. The van der Waals surface area contributed by atoms with Crippen molar-refractivity contribution in [3.63, 3.8) is 0 Å². The van der Waals surface area contributed by atoms with Crippen LogP contribution in [-0.2, 0) is 12.3 Å². The Kier molecular flexibility index (Phi) is 4.65. The molecule has 0 amide bonds. The molecule has 0 fully saturated rings. The Balaban J connectivity index is 1.36. The zero-order chi connectivity index (χ0) is 17.8. The van der Waals surface area contributed by atoms with Gasteiger partial charge in [0.2, 0.25) is 11.8 Å². The zero-order valence-electron chi connectivity index (χ0n) is 13.8. The normalized spacial score (nSPS) is 11.0. The molecule has 4 aromatic rings. The van der Waals surface area contributed by atoms with Gasteiger partial charge in [-0.3, -0.25) is 0 Å². The van der Waals surface area contributed by atoms with Crippen molar-refractivity contribution in [2.45, 2.75) is 17.5 Å². The molecule has 3 aromatic heterocycles. The first-order valence-corrected chi connectivity index (χ1v) is 8.65. The smallest absolute Gasteiger partial charge is 0.277 e. The molecule has 0 aliphatic carbocycles. The van der Waals surface area contributed by atoms with Crippen LogP contribution < -0.4 is 4.74 Å². The molecule has 0 bridgehead atoms. The molecule has 9 nitrogen and oxygen atoms in total. The largest absolute Gasteiger partial charge is 0.497 e. The number of thioether (sulfide) groups is 1. The van der Waals surface area contributed by atoms with E-state index in [-0.39, 0.29) is 0 Å². The molecule has 0 atom stereocenters. The minimum atomic E-state index is 0.388. The van der Waals surface area contributed by atoms with E-state index in [0.29, 0.717) is 29.3 Å². The average Bonchev–Trinajstić information content (AvgIpc) is 3.43. The number of methoxy groups -OCH3 is 1. The third-order valence-corrected chi connectivity index (χ3v) is 4.30. The van der Waals surface area contributed by atoms with Gasteiger partial charge in [0.25, 0.3) is 5.22 Å². The van der Waals surface area contributed by atoms with Crippen LogP contribution >= 0.6 is 11.8 Å². The molecule has 0 saturated heterocycles. The van der Waals surface area contributed by atoms with Gasteiger partial charge < -0.3 is 13.6 Å². The van der Waals surface area contributed by atoms with E-state index in [2.05, 4.69) is 25.3 Å². The fourth-order valence-electron chi connectivity index (χ4n) is 2.19. The number of hydrogen-bond acceptors (Lipinski definition) is 9.